The van der Waals surface area contributed by atoms with E-state index in [0.29, 0.717) is 42.0 Å². The predicted octanol–water partition coefficient (Wildman–Crippen LogP) is 4.33. The van der Waals surface area contributed by atoms with Crippen LogP contribution in [0.25, 0.3) is 11.3 Å². The lowest BCUT2D eigenvalue weighted by molar-refractivity contribution is 0.0929. The standard InChI is InChI=1S/C24H24ClN3O4/c25-18-6-3-16(4-7-18)20(28-9-1-2-10-28)15-26-24(29)19-14-22(32-27-19)17-5-8-21-23(13-17)31-12-11-30-21/h3-8,13-14,20H,1-2,9-12,15H2,(H,26,29)/t20-/m1/s1. The molecule has 1 fully saturated rings. The number of nitrogens with one attached hydrogen (secondary N) is 1. The van der Waals surface area contributed by atoms with Gasteiger partial charge < -0.3 is 19.3 Å². The number of carbonyl (C=O) groups excluding carboxylic acids is 1. The highest BCUT2D eigenvalue weighted by atomic mass is 35.5. The van der Waals surface area contributed by atoms with Gasteiger partial charge >= 0.3 is 0 Å². The van der Waals surface area contributed by atoms with E-state index < -0.39 is 0 Å². The Morgan fingerprint density at radius 3 is 2.56 bits per heavy atom. The van der Waals surface area contributed by atoms with Crippen LogP contribution < -0.4 is 14.8 Å². The molecule has 3 heterocycles. The molecule has 0 bridgehead atoms. The maximum atomic E-state index is 12.8. The van der Waals surface area contributed by atoms with Crippen molar-refractivity contribution < 1.29 is 18.8 Å². The molecule has 2 aromatic carbocycles. The van der Waals surface area contributed by atoms with Gasteiger partial charge in [0.15, 0.2) is 23.0 Å². The van der Waals surface area contributed by atoms with Gasteiger partial charge in [-0.2, -0.15) is 0 Å². The molecule has 5 rings (SSSR count). The Bertz CT molecular complexity index is 1090. The van der Waals surface area contributed by atoms with E-state index in [9.17, 15) is 4.79 Å². The highest BCUT2D eigenvalue weighted by Crippen LogP contribution is 2.34. The smallest absolute Gasteiger partial charge is 0.273 e. The van der Waals surface area contributed by atoms with E-state index >= 15 is 0 Å². The highest BCUT2D eigenvalue weighted by molar-refractivity contribution is 6.30. The summed E-state index contributed by atoms with van der Waals surface area (Å²) < 4.78 is 16.6. The Balaban J connectivity index is 1.28. The minimum absolute atomic E-state index is 0.0860. The Morgan fingerprint density at radius 1 is 1.03 bits per heavy atom. The fourth-order valence-electron chi connectivity index (χ4n) is 4.19. The molecule has 2 aliphatic heterocycles. The summed E-state index contributed by atoms with van der Waals surface area (Å²) in [4.78, 5) is 15.2. The van der Waals surface area contributed by atoms with Gasteiger partial charge in [0.1, 0.15) is 13.2 Å². The number of benzene rings is 2. The molecule has 0 radical (unpaired) electrons. The minimum atomic E-state index is -0.268. The Labute approximate surface area is 191 Å². The van der Waals surface area contributed by atoms with E-state index in [-0.39, 0.29) is 17.6 Å². The average molecular weight is 454 g/mol. The summed E-state index contributed by atoms with van der Waals surface area (Å²) in [6.45, 7) is 3.55. The van der Waals surface area contributed by atoms with E-state index in [1.165, 1.54) is 12.8 Å². The number of halogens is 1. The number of rotatable bonds is 6. The first-order valence-electron chi connectivity index (χ1n) is 10.8. The molecule has 7 nitrogen and oxygen atoms in total. The summed E-state index contributed by atoms with van der Waals surface area (Å²) in [5.41, 5.74) is 2.15. The van der Waals surface area contributed by atoms with Crippen LogP contribution in [0.1, 0.15) is 34.9 Å². The van der Waals surface area contributed by atoms with Gasteiger partial charge in [0.05, 0.1) is 6.04 Å². The van der Waals surface area contributed by atoms with Crippen LogP contribution in [0.5, 0.6) is 11.5 Å². The summed E-state index contributed by atoms with van der Waals surface area (Å²) in [6.07, 6.45) is 2.33. The van der Waals surface area contributed by atoms with Gasteiger partial charge in [-0.25, -0.2) is 0 Å². The van der Waals surface area contributed by atoms with Crippen molar-refractivity contribution in [3.63, 3.8) is 0 Å². The summed E-state index contributed by atoms with van der Waals surface area (Å²) in [5.74, 6) is 1.59. The lowest BCUT2D eigenvalue weighted by atomic mass is 10.1. The first-order chi connectivity index (χ1) is 15.7. The molecule has 0 aliphatic carbocycles. The first kappa shape index (κ1) is 20.8. The number of amides is 1. The van der Waals surface area contributed by atoms with Gasteiger partial charge in [-0.1, -0.05) is 28.9 Å². The number of hydrogen-bond acceptors (Lipinski definition) is 6. The van der Waals surface area contributed by atoms with Crippen LogP contribution in [0.3, 0.4) is 0 Å². The molecule has 2 aliphatic rings. The monoisotopic (exact) mass is 453 g/mol. The van der Waals surface area contributed by atoms with Gasteiger partial charge in [-0.15, -0.1) is 0 Å². The van der Waals surface area contributed by atoms with E-state index in [1.54, 1.807) is 6.07 Å². The van der Waals surface area contributed by atoms with Crippen molar-refractivity contribution in [1.82, 2.24) is 15.4 Å². The number of fused-ring (bicyclic) bond motifs is 1. The normalized spacial score (nSPS) is 16.7. The van der Waals surface area contributed by atoms with E-state index in [1.807, 2.05) is 42.5 Å². The first-order valence-corrected chi connectivity index (χ1v) is 11.2. The molecule has 1 saturated heterocycles. The van der Waals surface area contributed by atoms with E-state index in [0.717, 1.165) is 24.2 Å². The molecule has 1 amide bonds. The van der Waals surface area contributed by atoms with Crippen LogP contribution in [0.15, 0.2) is 53.1 Å². The van der Waals surface area contributed by atoms with Crippen molar-refractivity contribution in [3.8, 4) is 22.8 Å². The van der Waals surface area contributed by atoms with Crippen molar-refractivity contribution in [3.05, 3.63) is 64.8 Å². The van der Waals surface area contributed by atoms with E-state index in [4.69, 9.17) is 25.6 Å². The van der Waals surface area contributed by atoms with Crippen molar-refractivity contribution in [2.45, 2.75) is 18.9 Å². The lowest BCUT2D eigenvalue weighted by Gasteiger charge is -2.28. The van der Waals surface area contributed by atoms with Crippen LogP contribution in [-0.4, -0.2) is 48.8 Å². The van der Waals surface area contributed by atoms with Crippen LogP contribution in [0.4, 0.5) is 0 Å². The highest BCUT2D eigenvalue weighted by Gasteiger charge is 2.25. The third-order valence-corrected chi connectivity index (χ3v) is 6.11. The summed E-state index contributed by atoms with van der Waals surface area (Å²) in [6, 6.07) is 15.1. The molecular weight excluding hydrogens is 430 g/mol. The molecule has 0 unspecified atom stereocenters. The molecule has 1 atom stereocenters. The molecule has 166 valence electrons. The molecule has 32 heavy (non-hydrogen) atoms. The predicted molar refractivity (Wildman–Crippen MR) is 120 cm³/mol. The van der Waals surface area contributed by atoms with Crippen LogP contribution >= 0.6 is 11.6 Å². The fraction of sp³-hybridized carbons (Fsp3) is 0.333. The summed E-state index contributed by atoms with van der Waals surface area (Å²) in [5, 5.41) is 7.70. The topological polar surface area (TPSA) is 76.8 Å². The Hall–Kier alpha value is -3.03. The van der Waals surface area contributed by atoms with Gasteiger partial charge in [-0.05, 0) is 61.8 Å². The zero-order valence-electron chi connectivity index (χ0n) is 17.6. The molecule has 3 aromatic rings. The van der Waals surface area contributed by atoms with Crippen molar-refractivity contribution in [1.29, 1.82) is 0 Å². The van der Waals surface area contributed by atoms with Crippen molar-refractivity contribution in [2.75, 3.05) is 32.8 Å². The quantitative estimate of drug-likeness (QED) is 0.598. The molecule has 1 N–H and O–H groups in total. The zero-order valence-corrected chi connectivity index (χ0v) is 18.3. The number of carbonyl (C=O) groups is 1. The molecule has 0 saturated carbocycles. The van der Waals surface area contributed by atoms with Crippen LogP contribution in [-0.2, 0) is 0 Å². The molecular formula is C24H24ClN3O4. The second kappa shape index (κ2) is 9.22. The SMILES string of the molecule is O=C(NC[C@H](c1ccc(Cl)cc1)N1CCCC1)c1cc(-c2ccc3c(c2)OCCO3)on1. The van der Waals surface area contributed by atoms with Crippen molar-refractivity contribution in [2.24, 2.45) is 0 Å². The number of aromatic nitrogens is 1. The Morgan fingerprint density at radius 2 is 1.78 bits per heavy atom. The number of ether oxygens (including phenoxy) is 2. The molecule has 0 spiro atoms. The second-order valence-electron chi connectivity index (χ2n) is 7.96. The maximum absolute atomic E-state index is 12.8. The van der Waals surface area contributed by atoms with Gasteiger partial charge in [0, 0.05) is 23.2 Å². The fourth-order valence-corrected chi connectivity index (χ4v) is 4.32. The maximum Gasteiger partial charge on any atom is 0.273 e. The van der Waals surface area contributed by atoms with Gasteiger partial charge in [-0.3, -0.25) is 9.69 Å². The number of hydrogen-bond donors (Lipinski definition) is 1. The number of likely N-dealkylation sites (tertiary alicyclic amines) is 1. The second-order valence-corrected chi connectivity index (χ2v) is 8.39. The molecule has 1 aromatic heterocycles. The van der Waals surface area contributed by atoms with Crippen LogP contribution in [0, 0.1) is 0 Å². The lowest BCUT2D eigenvalue weighted by Crippen LogP contribution is -2.36. The largest absolute Gasteiger partial charge is 0.486 e. The van der Waals surface area contributed by atoms with Crippen LogP contribution in [0.2, 0.25) is 5.02 Å². The summed E-state index contributed by atoms with van der Waals surface area (Å²) in [7, 11) is 0. The van der Waals surface area contributed by atoms with Crippen molar-refractivity contribution >= 4 is 17.5 Å². The third-order valence-electron chi connectivity index (χ3n) is 5.86. The van der Waals surface area contributed by atoms with Gasteiger partial charge in [0.25, 0.3) is 5.91 Å². The average Bonchev–Trinajstić information content (AvgIpc) is 3.53. The van der Waals surface area contributed by atoms with Gasteiger partial charge in [0.2, 0.25) is 0 Å². The third kappa shape index (κ3) is 4.45. The summed E-state index contributed by atoms with van der Waals surface area (Å²) >= 11 is 6.06. The Kier molecular flexibility index (Phi) is 6.01. The zero-order chi connectivity index (χ0) is 21.9. The van der Waals surface area contributed by atoms with E-state index in [2.05, 4.69) is 15.4 Å². The molecule has 8 heteroatoms. The minimum Gasteiger partial charge on any atom is -0.486 e. The number of nitrogens with zero attached hydrogens (tertiary/aromatic N) is 2.